The second kappa shape index (κ2) is 6.43. The van der Waals surface area contributed by atoms with Crippen molar-refractivity contribution in [2.45, 2.75) is 32.7 Å². The number of anilines is 1. The molecule has 2 N–H and O–H groups in total. The number of rotatable bonds is 4. The number of urea groups is 1. The Bertz CT molecular complexity index is 529. The predicted molar refractivity (Wildman–Crippen MR) is 87.3 cm³/mol. The van der Waals surface area contributed by atoms with Crippen LogP contribution in [0.15, 0.2) is 18.2 Å². The first kappa shape index (κ1) is 16.7. The van der Waals surface area contributed by atoms with Crippen LogP contribution in [-0.4, -0.2) is 34.6 Å². The lowest BCUT2D eigenvalue weighted by molar-refractivity contribution is 0.0698. The van der Waals surface area contributed by atoms with Crippen LogP contribution in [0.1, 0.15) is 37.6 Å². The van der Waals surface area contributed by atoms with E-state index in [2.05, 4.69) is 5.32 Å². The van der Waals surface area contributed by atoms with Gasteiger partial charge >= 0.3 is 12.0 Å². The Labute approximate surface area is 132 Å². The van der Waals surface area contributed by atoms with E-state index in [0.29, 0.717) is 5.69 Å². The molecule has 0 spiro atoms. The van der Waals surface area contributed by atoms with Crippen molar-refractivity contribution in [2.75, 3.05) is 12.4 Å². The number of nitrogens with one attached hydrogen (secondary N) is 1. The van der Waals surface area contributed by atoms with Crippen LogP contribution in [0.3, 0.4) is 0 Å². The first-order valence-corrected chi connectivity index (χ1v) is 7.34. The van der Waals surface area contributed by atoms with Crippen LogP contribution in [0.2, 0.25) is 0 Å². The summed E-state index contributed by atoms with van der Waals surface area (Å²) >= 11 is 2.03. The van der Waals surface area contributed by atoms with E-state index < -0.39 is 5.97 Å². The average Bonchev–Trinajstić information content (AvgIpc) is 2.39. The summed E-state index contributed by atoms with van der Waals surface area (Å²) in [6, 6.07) is 4.58. The van der Waals surface area contributed by atoms with Gasteiger partial charge in [-0.05, 0) is 61.1 Å². The van der Waals surface area contributed by atoms with E-state index >= 15 is 0 Å². The molecule has 0 saturated carbocycles. The predicted octanol–water partition coefficient (Wildman–Crippen LogP) is 3.64. The van der Waals surface area contributed by atoms with Crippen molar-refractivity contribution in [3.8, 4) is 0 Å². The molecule has 0 heterocycles. The van der Waals surface area contributed by atoms with Gasteiger partial charge in [0.1, 0.15) is 0 Å². The van der Waals surface area contributed by atoms with Crippen molar-refractivity contribution in [1.82, 2.24) is 4.90 Å². The normalized spacial score (nSPS) is 11.1. The minimum absolute atomic E-state index is 0.0907. The molecular formula is C14H19IN2O3. The van der Waals surface area contributed by atoms with Crippen molar-refractivity contribution >= 4 is 40.3 Å². The van der Waals surface area contributed by atoms with E-state index in [0.717, 1.165) is 9.99 Å². The van der Waals surface area contributed by atoms with E-state index in [1.54, 1.807) is 24.1 Å². The zero-order chi connectivity index (χ0) is 15.5. The molecule has 0 aromatic heterocycles. The molecule has 0 bridgehead atoms. The van der Waals surface area contributed by atoms with Gasteiger partial charge in [0.05, 0.1) is 11.3 Å². The van der Waals surface area contributed by atoms with Gasteiger partial charge in [-0.2, -0.15) is 0 Å². The number of benzene rings is 1. The molecule has 1 rings (SSSR count). The third-order valence-corrected chi connectivity index (χ3v) is 4.20. The number of hydrogen-bond donors (Lipinski definition) is 2. The topological polar surface area (TPSA) is 69.6 Å². The number of carbonyl (C=O) groups excluding carboxylic acids is 1. The summed E-state index contributed by atoms with van der Waals surface area (Å²) in [5.74, 6) is -1.06. The fourth-order valence-electron chi connectivity index (χ4n) is 1.51. The maximum Gasteiger partial charge on any atom is 0.337 e. The van der Waals surface area contributed by atoms with Gasteiger partial charge in [-0.1, -0.05) is 6.92 Å². The van der Waals surface area contributed by atoms with Crippen molar-refractivity contribution in [3.05, 3.63) is 27.3 Å². The standard InChI is InChI=1S/C14H19IN2O3/c1-5-14(2,3)17(4)13(20)16-11-7-6-9(15)8-10(11)12(18)19/h6-8H,5H2,1-4H3,(H,16,20)(H,18,19). The van der Waals surface area contributed by atoms with Gasteiger partial charge in [-0.15, -0.1) is 0 Å². The fourth-order valence-corrected chi connectivity index (χ4v) is 2.00. The lowest BCUT2D eigenvalue weighted by Crippen LogP contribution is -2.46. The summed E-state index contributed by atoms with van der Waals surface area (Å²) in [5, 5.41) is 11.8. The molecule has 0 aliphatic rings. The summed E-state index contributed by atoms with van der Waals surface area (Å²) in [5.41, 5.74) is 0.103. The second-order valence-corrected chi connectivity index (χ2v) is 6.40. The van der Waals surface area contributed by atoms with Crippen molar-refractivity contribution in [1.29, 1.82) is 0 Å². The molecule has 0 radical (unpaired) electrons. The van der Waals surface area contributed by atoms with Gasteiger partial charge in [0, 0.05) is 16.2 Å². The number of nitrogens with zero attached hydrogens (tertiary/aromatic N) is 1. The molecule has 6 heteroatoms. The van der Waals surface area contributed by atoms with E-state index in [1.807, 2.05) is 43.4 Å². The Morgan fingerprint density at radius 2 is 2.00 bits per heavy atom. The fraction of sp³-hybridized carbons (Fsp3) is 0.429. The molecule has 20 heavy (non-hydrogen) atoms. The minimum Gasteiger partial charge on any atom is -0.478 e. The van der Waals surface area contributed by atoms with Crippen molar-refractivity contribution < 1.29 is 14.7 Å². The molecule has 110 valence electrons. The molecule has 0 aliphatic heterocycles. The molecule has 1 aromatic carbocycles. The second-order valence-electron chi connectivity index (χ2n) is 5.15. The quantitative estimate of drug-likeness (QED) is 0.772. The Kier molecular flexibility index (Phi) is 5.38. The van der Waals surface area contributed by atoms with Crippen molar-refractivity contribution in [2.24, 2.45) is 0 Å². The van der Waals surface area contributed by atoms with Gasteiger partial charge in [0.25, 0.3) is 0 Å². The van der Waals surface area contributed by atoms with E-state index in [4.69, 9.17) is 0 Å². The summed E-state index contributed by atoms with van der Waals surface area (Å²) in [6.07, 6.45) is 0.801. The number of carboxylic acids is 1. The van der Waals surface area contributed by atoms with Crippen LogP contribution < -0.4 is 5.32 Å². The molecule has 0 atom stereocenters. The SMILES string of the molecule is CCC(C)(C)N(C)C(=O)Nc1ccc(I)cc1C(=O)O. The van der Waals surface area contributed by atoms with Gasteiger partial charge in [0.2, 0.25) is 0 Å². The lowest BCUT2D eigenvalue weighted by atomic mass is 10.0. The molecule has 1 aromatic rings. The summed E-state index contributed by atoms with van der Waals surface area (Å²) in [4.78, 5) is 25.0. The third kappa shape index (κ3) is 3.84. The van der Waals surface area contributed by atoms with Crippen LogP contribution in [0.5, 0.6) is 0 Å². The summed E-state index contributed by atoms with van der Waals surface area (Å²) in [6.45, 7) is 5.91. The lowest BCUT2D eigenvalue weighted by Gasteiger charge is -2.34. The Hall–Kier alpha value is -1.31. The van der Waals surface area contributed by atoms with E-state index in [9.17, 15) is 14.7 Å². The number of carboxylic acid groups (broad SMARTS) is 1. The highest BCUT2D eigenvalue weighted by atomic mass is 127. The first-order chi connectivity index (χ1) is 9.19. The molecule has 0 fully saturated rings. The molecule has 0 saturated heterocycles. The van der Waals surface area contributed by atoms with Gasteiger partial charge in [-0.25, -0.2) is 9.59 Å². The highest BCUT2D eigenvalue weighted by Crippen LogP contribution is 2.22. The van der Waals surface area contributed by atoms with Crippen LogP contribution in [-0.2, 0) is 0 Å². The maximum absolute atomic E-state index is 12.2. The smallest absolute Gasteiger partial charge is 0.337 e. The molecule has 0 unspecified atom stereocenters. The van der Waals surface area contributed by atoms with Crippen LogP contribution in [0.4, 0.5) is 10.5 Å². The van der Waals surface area contributed by atoms with Gasteiger partial charge in [0.15, 0.2) is 0 Å². The van der Waals surface area contributed by atoms with Crippen molar-refractivity contribution in [3.63, 3.8) is 0 Å². The Morgan fingerprint density at radius 1 is 1.40 bits per heavy atom. The van der Waals surface area contributed by atoms with E-state index in [-0.39, 0.29) is 17.1 Å². The zero-order valence-corrected chi connectivity index (χ0v) is 14.2. The summed E-state index contributed by atoms with van der Waals surface area (Å²) < 4.78 is 0.806. The van der Waals surface area contributed by atoms with Gasteiger partial charge < -0.3 is 15.3 Å². The van der Waals surface area contributed by atoms with Crippen LogP contribution >= 0.6 is 22.6 Å². The van der Waals surface area contributed by atoms with Crippen LogP contribution in [0.25, 0.3) is 0 Å². The highest BCUT2D eigenvalue weighted by molar-refractivity contribution is 14.1. The number of halogens is 1. The Balaban J connectivity index is 3.00. The maximum atomic E-state index is 12.2. The first-order valence-electron chi connectivity index (χ1n) is 6.26. The summed E-state index contributed by atoms with van der Waals surface area (Å²) in [7, 11) is 1.70. The highest BCUT2D eigenvalue weighted by Gasteiger charge is 2.26. The zero-order valence-electron chi connectivity index (χ0n) is 12.0. The number of amides is 2. The van der Waals surface area contributed by atoms with Gasteiger partial charge in [-0.3, -0.25) is 0 Å². The monoisotopic (exact) mass is 390 g/mol. The number of aromatic carboxylic acids is 1. The molecular weight excluding hydrogens is 371 g/mol. The molecule has 0 aliphatic carbocycles. The largest absolute Gasteiger partial charge is 0.478 e. The third-order valence-electron chi connectivity index (χ3n) is 3.53. The minimum atomic E-state index is -1.06. The average molecular weight is 390 g/mol. The molecule has 2 amide bonds. The van der Waals surface area contributed by atoms with E-state index in [1.165, 1.54) is 6.07 Å². The number of hydrogen-bond acceptors (Lipinski definition) is 2. The Morgan fingerprint density at radius 3 is 2.50 bits per heavy atom. The molecule has 5 nitrogen and oxygen atoms in total. The van der Waals surface area contributed by atoms with Crippen LogP contribution in [0, 0.1) is 3.57 Å². The number of carbonyl (C=O) groups is 2.